The topological polar surface area (TPSA) is 129 Å². The molecule has 1 fully saturated rings. The number of amides is 1. The Balaban J connectivity index is 1.32. The molecule has 6 atom stereocenters. The molecule has 0 aromatic heterocycles. The molecule has 2 N–H and O–H groups in total. The lowest BCUT2D eigenvalue weighted by molar-refractivity contribution is -0.253. The maximum atomic E-state index is 14.2. The zero-order valence-corrected chi connectivity index (χ0v) is 37.2. The molecule has 0 bridgehead atoms. The Labute approximate surface area is 372 Å². The zero-order valence-electron chi connectivity index (χ0n) is 37.2. The summed E-state index contributed by atoms with van der Waals surface area (Å²) in [5, 5.41) is 27.0. The first-order valence-corrected chi connectivity index (χ1v) is 22.5. The number of aliphatic hydroxyl groups is 2. The summed E-state index contributed by atoms with van der Waals surface area (Å²) >= 11 is 0. The second kappa shape index (κ2) is 21.0. The third-order valence-corrected chi connectivity index (χ3v) is 12.4. The van der Waals surface area contributed by atoms with E-state index < -0.39 is 29.4 Å². The monoisotopic (exact) mass is 860 g/mol. The van der Waals surface area contributed by atoms with Gasteiger partial charge in [0.15, 0.2) is 0 Å². The minimum absolute atomic E-state index is 0.0562. The SMILES string of the molecule is C=CCO[C@@]12Oc3ccc(Oc4ccc5ccccc5c4)cc3[C@H]3[C@H](CCCCO)[C@@H](CCCCO)C=C(C(=NOC(C)(C)C)C[C@@H]1N(C)C(=O)OCCOCc1ccccc1)[C@H]32. The molecule has 4 aromatic carbocycles. The van der Waals surface area contributed by atoms with Crippen LogP contribution in [0.2, 0.25) is 0 Å². The molecular formula is C52H64N2O9. The first-order valence-electron chi connectivity index (χ1n) is 22.5. The number of oxime groups is 1. The lowest BCUT2D eigenvalue weighted by Crippen LogP contribution is -2.69. The summed E-state index contributed by atoms with van der Waals surface area (Å²) in [4.78, 5) is 22.0. The van der Waals surface area contributed by atoms with Gasteiger partial charge in [-0.1, -0.05) is 90.8 Å². The Morgan fingerprint density at radius 3 is 2.37 bits per heavy atom. The van der Waals surface area contributed by atoms with Crippen LogP contribution in [-0.4, -0.2) is 84.4 Å². The predicted molar refractivity (Wildman–Crippen MR) is 245 cm³/mol. The highest BCUT2D eigenvalue weighted by molar-refractivity contribution is 6.03. The number of aliphatic hydroxyl groups excluding tert-OH is 2. The third kappa shape index (κ3) is 10.8. The fraction of sp³-hybridized carbons (Fsp3) is 0.462. The van der Waals surface area contributed by atoms with Crippen LogP contribution in [0.5, 0.6) is 17.2 Å². The van der Waals surface area contributed by atoms with Gasteiger partial charge >= 0.3 is 6.09 Å². The molecule has 7 rings (SSSR count). The van der Waals surface area contributed by atoms with Crippen molar-refractivity contribution in [3.8, 4) is 17.2 Å². The third-order valence-electron chi connectivity index (χ3n) is 12.4. The molecule has 3 aliphatic rings. The molecule has 1 heterocycles. The number of carbonyl (C=O) groups excluding carboxylic acids is 1. The van der Waals surface area contributed by atoms with Gasteiger partial charge in [-0.3, -0.25) is 0 Å². The van der Waals surface area contributed by atoms with Crippen molar-refractivity contribution in [1.82, 2.24) is 4.90 Å². The normalized spacial score (nSPS) is 23.2. The summed E-state index contributed by atoms with van der Waals surface area (Å²) in [6.45, 7) is 11.0. The molecule has 63 heavy (non-hydrogen) atoms. The molecule has 11 nitrogen and oxygen atoms in total. The van der Waals surface area contributed by atoms with Gasteiger partial charge in [0, 0.05) is 38.2 Å². The second-order valence-electron chi connectivity index (χ2n) is 17.9. The van der Waals surface area contributed by atoms with Gasteiger partial charge < -0.3 is 43.6 Å². The molecule has 0 radical (unpaired) electrons. The number of fused-ring (bicyclic) bond motifs is 3. The fourth-order valence-electron chi connectivity index (χ4n) is 9.53. The molecule has 0 unspecified atom stereocenters. The Bertz CT molecular complexity index is 2220. The number of hydrogen-bond acceptors (Lipinski definition) is 10. The van der Waals surface area contributed by atoms with Gasteiger partial charge in [-0.25, -0.2) is 4.79 Å². The van der Waals surface area contributed by atoms with Crippen molar-refractivity contribution in [1.29, 1.82) is 0 Å². The van der Waals surface area contributed by atoms with E-state index in [9.17, 15) is 15.0 Å². The van der Waals surface area contributed by atoms with E-state index in [1.807, 2.05) is 87.5 Å². The van der Waals surface area contributed by atoms with Crippen LogP contribution in [-0.2, 0) is 25.7 Å². The largest absolute Gasteiger partial charge is 0.459 e. The summed E-state index contributed by atoms with van der Waals surface area (Å²) in [6, 6.07) is 29.4. The minimum Gasteiger partial charge on any atom is -0.459 e. The van der Waals surface area contributed by atoms with Crippen LogP contribution in [0.1, 0.15) is 82.8 Å². The molecular weight excluding hydrogens is 797 g/mol. The van der Waals surface area contributed by atoms with Gasteiger partial charge in [0.25, 0.3) is 0 Å². The van der Waals surface area contributed by atoms with Crippen molar-refractivity contribution >= 4 is 22.6 Å². The lowest BCUT2D eigenvalue weighted by Gasteiger charge is -2.59. The van der Waals surface area contributed by atoms with Crippen LogP contribution in [0.25, 0.3) is 10.8 Å². The van der Waals surface area contributed by atoms with Crippen LogP contribution in [0.15, 0.2) is 120 Å². The van der Waals surface area contributed by atoms with E-state index in [1.54, 1.807) is 18.0 Å². The van der Waals surface area contributed by atoms with Crippen molar-refractivity contribution in [2.24, 2.45) is 22.9 Å². The molecule has 2 aliphatic carbocycles. The molecule has 0 saturated heterocycles. The van der Waals surface area contributed by atoms with E-state index in [2.05, 4.69) is 36.9 Å². The number of hydrogen-bond donors (Lipinski definition) is 2. The maximum absolute atomic E-state index is 14.2. The summed E-state index contributed by atoms with van der Waals surface area (Å²) in [6.07, 6.45) is 8.41. The standard InChI is InChI=1S/C52H64N2O9/c1-6-28-60-52-47(54(5)50(57)59-30-29-58-35-36-16-8-7-9-17-36)34-45(53-63-51(2,3)4)43-32-39(20-12-14-26-55)42(21-13-15-27-56)48(49(43)52)44-33-41(24-25-46(44)62-52)61-40-23-22-37-18-10-11-19-38(37)31-40/h6-11,16-19,22-25,31-33,39,42,47-49,55-56H,1,12-15,20-21,26-30,34-35H2,2-5H3/t39-,42+,47-,48+,49+,52+/m0/s1. The number of ether oxygens (including phenoxy) is 5. The van der Waals surface area contributed by atoms with E-state index in [4.69, 9.17) is 33.7 Å². The van der Waals surface area contributed by atoms with Gasteiger partial charge in [0.1, 0.15) is 35.5 Å². The van der Waals surface area contributed by atoms with Crippen LogP contribution in [0, 0.1) is 17.8 Å². The summed E-state index contributed by atoms with van der Waals surface area (Å²) in [7, 11) is 1.72. The molecule has 11 heteroatoms. The average Bonchev–Trinajstić information content (AvgIpc) is 3.28. The average molecular weight is 861 g/mol. The Kier molecular flexibility index (Phi) is 15.3. The lowest BCUT2D eigenvalue weighted by atomic mass is 9.55. The van der Waals surface area contributed by atoms with Gasteiger partial charge in [-0.2, -0.15) is 0 Å². The van der Waals surface area contributed by atoms with E-state index in [-0.39, 0.29) is 57.2 Å². The van der Waals surface area contributed by atoms with Gasteiger partial charge in [-0.05, 0) is 111 Å². The zero-order chi connectivity index (χ0) is 44.4. The van der Waals surface area contributed by atoms with Gasteiger partial charge in [-0.15, -0.1) is 6.58 Å². The van der Waals surface area contributed by atoms with Crippen LogP contribution in [0.4, 0.5) is 4.79 Å². The highest BCUT2D eigenvalue weighted by Gasteiger charge is 2.65. The number of rotatable bonds is 20. The molecule has 0 spiro atoms. The van der Waals surface area contributed by atoms with Crippen molar-refractivity contribution in [3.63, 3.8) is 0 Å². The number of allylic oxidation sites excluding steroid dienone is 1. The second-order valence-corrected chi connectivity index (χ2v) is 17.9. The van der Waals surface area contributed by atoms with Crippen LogP contribution in [0.3, 0.4) is 0 Å². The number of likely N-dealkylation sites (N-methyl/N-ethyl adjacent to an activating group) is 1. The van der Waals surface area contributed by atoms with Crippen molar-refractivity contribution < 1.29 is 43.5 Å². The summed E-state index contributed by atoms with van der Waals surface area (Å²) < 4.78 is 32.7. The number of benzene rings is 4. The van der Waals surface area contributed by atoms with Crippen molar-refractivity contribution in [2.75, 3.05) is 40.1 Å². The van der Waals surface area contributed by atoms with Crippen LogP contribution >= 0.6 is 0 Å². The first kappa shape index (κ1) is 45.8. The minimum atomic E-state index is -1.40. The first-order chi connectivity index (χ1) is 30.5. The number of nitrogens with zero attached hydrogens (tertiary/aromatic N) is 2. The van der Waals surface area contributed by atoms with E-state index >= 15 is 0 Å². The number of unbranched alkanes of at least 4 members (excludes halogenated alkanes) is 2. The van der Waals surface area contributed by atoms with Gasteiger partial charge in [0.05, 0.1) is 31.5 Å². The predicted octanol–water partition coefficient (Wildman–Crippen LogP) is 10.3. The summed E-state index contributed by atoms with van der Waals surface area (Å²) in [5.74, 6) is 0.127. The van der Waals surface area contributed by atoms with E-state index in [1.165, 1.54) is 0 Å². The molecule has 1 aliphatic heterocycles. The van der Waals surface area contributed by atoms with Crippen LogP contribution < -0.4 is 9.47 Å². The maximum Gasteiger partial charge on any atom is 0.410 e. The Hall–Kier alpha value is -5.20. The van der Waals surface area contributed by atoms with Crippen molar-refractivity contribution in [2.45, 2.75) is 95.7 Å². The quantitative estimate of drug-likeness (QED) is 0.0507. The molecule has 1 saturated carbocycles. The highest BCUT2D eigenvalue weighted by atomic mass is 16.7. The summed E-state index contributed by atoms with van der Waals surface area (Å²) in [5.41, 5.74) is 3.09. The molecule has 336 valence electrons. The molecule has 4 aromatic rings. The van der Waals surface area contributed by atoms with Gasteiger partial charge in [0.2, 0.25) is 5.79 Å². The van der Waals surface area contributed by atoms with Crippen molar-refractivity contribution in [3.05, 3.63) is 126 Å². The van der Waals surface area contributed by atoms with E-state index in [0.717, 1.165) is 58.9 Å². The molecule has 1 amide bonds. The fourth-order valence-corrected chi connectivity index (χ4v) is 9.53. The van der Waals surface area contributed by atoms with E-state index in [0.29, 0.717) is 36.7 Å². The smallest absolute Gasteiger partial charge is 0.410 e. The Morgan fingerprint density at radius 1 is 0.905 bits per heavy atom. The Morgan fingerprint density at radius 2 is 1.62 bits per heavy atom. The highest BCUT2D eigenvalue weighted by Crippen LogP contribution is 2.62. The number of carbonyl (C=O) groups is 1.